The van der Waals surface area contributed by atoms with Crippen molar-refractivity contribution in [3.8, 4) is 0 Å². The monoisotopic (exact) mass is 220 g/mol. The van der Waals surface area contributed by atoms with E-state index in [-0.39, 0.29) is 12.4 Å². The zero-order chi connectivity index (χ0) is 8.48. The van der Waals surface area contributed by atoms with Crippen molar-refractivity contribution in [1.82, 2.24) is 0 Å². The molecular weight excluding hydrogens is 212 g/mol. The van der Waals surface area contributed by atoms with Crippen molar-refractivity contribution in [2.75, 3.05) is 6.61 Å². The van der Waals surface area contributed by atoms with Crippen molar-refractivity contribution in [3.63, 3.8) is 0 Å². The molecule has 4 heteroatoms. The fourth-order valence-electron chi connectivity index (χ4n) is 0.885. The Balaban J connectivity index is 2.84. The van der Waals surface area contributed by atoms with E-state index in [1.54, 1.807) is 0 Å². The summed E-state index contributed by atoms with van der Waals surface area (Å²) in [6.45, 7) is -0.212. The van der Waals surface area contributed by atoms with Crippen molar-refractivity contribution in [1.29, 1.82) is 0 Å². The molecule has 0 aromatic heterocycles. The summed E-state index contributed by atoms with van der Waals surface area (Å²) in [7, 11) is 0. The second-order valence-electron chi connectivity index (χ2n) is 2.44. The van der Waals surface area contributed by atoms with Gasteiger partial charge in [-0.05, 0) is 34.2 Å². The van der Waals surface area contributed by atoms with E-state index in [4.69, 9.17) is 10.2 Å². The third kappa shape index (κ3) is 1.83. The van der Waals surface area contributed by atoms with Crippen LogP contribution in [0.1, 0.15) is 0 Å². The van der Waals surface area contributed by atoms with Gasteiger partial charge in [0.25, 0.3) is 0 Å². The molecule has 0 amide bonds. The molecule has 3 nitrogen and oxygen atoms in total. The maximum atomic E-state index is 9.47. The summed E-state index contributed by atoms with van der Waals surface area (Å²) in [5, 5.41) is 27.2. The second kappa shape index (κ2) is 2.97. The Kier molecular flexibility index (Phi) is 2.37. The van der Waals surface area contributed by atoms with Crippen LogP contribution in [0.5, 0.6) is 0 Å². The van der Waals surface area contributed by atoms with Gasteiger partial charge in [0.05, 0.1) is 6.61 Å². The number of alkyl halides is 1. The Hall–Kier alpha value is -0.320. The highest BCUT2D eigenvalue weighted by molar-refractivity contribution is 9.10. The van der Waals surface area contributed by atoms with Crippen LogP contribution in [0.3, 0.4) is 0 Å². The van der Waals surface area contributed by atoms with Crippen LogP contribution in [-0.4, -0.2) is 26.4 Å². The van der Waals surface area contributed by atoms with E-state index in [1.807, 2.05) is 0 Å². The molecule has 2 atom stereocenters. The smallest absolute Gasteiger partial charge is 0.147 e. The molecule has 0 saturated carbocycles. The van der Waals surface area contributed by atoms with Crippen LogP contribution in [0.25, 0.3) is 0 Å². The summed E-state index contributed by atoms with van der Waals surface area (Å²) < 4.78 is -1.23. The molecule has 0 saturated heterocycles. The first-order valence-corrected chi connectivity index (χ1v) is 3.98. The molecule has 0 aliphatic heterocycles. The van der Waals surface area contributed by atoms with Crippen LogP contribution in [0.2, 0.25) is 0 Å². The van der Waals surface area contributed by atoms with Gasteiger partial charge in [-0.25, -0.2) is 0 Å². The number of aliphatic hydroxyl groups excluding tert-OH is 2. The summed E-state index contributed by atoms with van der Waals surface area (Å²) in [5.74, 6) is -0.430. The van der Waals surface area contributed by atoms with Crippen molar-refractivity contribution in [2.45, 2.75) is 4.51 Å². The van der Waals surface area contributed by atoms with E-state index < -0.39 is 10.4 Å². The Morgan fingerprint density at radius 1 is 1.64 bits per heavy atom. The Morgan fingerprint density at radius 2 is 2.27 bits per heavy atom. The predicted molar refractivity (Wildman–Crippen MR) is 44.3 cm³/mol. The highest BCUT2D eigenvalue weighted by Crippen LogP contribution is 2.31. The average Bonchev–Trinajstić information content (AvgIpc) is 1.94. The van der Waals surface area contributed by atoms with Gasteiger partial charge in [0, 0.05) is 5.92 Å². The fraction of sp³-hybridized carbons (Fsp3) is 0.429. The van der Waals surface area contributed by atoms with Gasteiger partial charge in [-0.1, -0.05) is 0 Å². The normalized spacial score (nSPS) is 37.0. The van der Waals surface area contributed by atoms with Crippen LogP contribution in [0.4, 0.5) is 0 Å². The molecule has 62 valence electrons. The highest BCUT2D eigenvalue weighted by Gasteiger charge is 2.31. The van der Waals surface area contributed by atoms with Gasteiger partial charge in [0.2, 0.25) is 0 Å². The van der Waals surface area contributed by atoms with Crippen LogP contribution in [0.15, 0.2) is 24.0 Å². The number of hydrogen-bond donors (Lipinski definition) is 3. The molecule has 0 radical (unpaired) electrons. The second-order valence-corrected chi connectivity index (χ2v) is 3.71. The average molecular weight is 221 g/mol. The van der Waals surface area contributed by atoms with Gasteiger partial charge in [-0.3, -0.25) is 0 Å². The van der Waals surface area contributed by atoms with Gasteiger partial charge < -0.3 is 15.3 Å². The van der Waals surface area contributed by atoms with Gasteiger partial charge in [-0.2, -0.15) is 0 Å². The summed E-state index contributed by atoms with van der Waals surface area (Å²) >= 11 is 3.00. The number of rotatable bonds is 1. The van der Waals surface area contributed by atoms with E-state index in [1.165, 1.54) is 18.2 Å². The van der Waals surface area contributed by atoms with Crippen LogP contribution >= 0.6 is 15.9 Å². The van der Waals surface area contributed by atoms with Gasteiger partial charge in [0.15, 0.2) is 0 Å². The third-order valence-electron chi connectivity index (χ3n) is 1.58. The standard InChI is InChI=1S/C7H9BrO3/c8-7(11)2-1-6(10)3-5(7)4-9/h1-3,5,9-11H,4H2. The zero-order valence-corrected chi connectivity index (χ0v) is 7.32. The lowest BCUT2D eigenvalue weighted by Crippen LogP contribution is -2.32. The molecule has 2 unspecified atom stereocenters. The Labute approximate surface area is 72.8 Å². The van der Waals surface area contributed by atoms with E-state index in [9.17, 15) is 5.11 Å². The molecule has 0 aromatic rings. The lowest BCUT2D eigenvalue weighted by atomic mass is 9.98. The minimum absolute atomic E-state index is 0.0631. The SMILES string of the molecule is OCC1C=C(O)C=CC1(O)Br. The molecule has 0 spiro atoms. The van der Waals surface area contributed by atoms with Crippen molar-refractivity contribution >= 4 is 15.9 Å². The minimum Gasteiger partial charge on any atom is -0.508 e. The van der Waals surface area contributed by atoms with Crippen LogP contribution in [-0.2, 0) is 0 Å². The predicted octanol–water partition coefficient (Wildman–Crippen LogP) is 0.690. The lowest BCUT2D eigenvalue weighted by molar-refractivity contribution is 0.101. The van der Waals surface area contributed by atoms with Crippen molar-refractivity contribution < 1.29 is 15.3 Å². The molecule has 1 rings (SSSR count). The largest absolute Gasteiger partial charge is 0.508 e. The van der Waals surface area contributed by atoms with Gasteiger partial charge in [-0.15, -0.1) is 0 Å². The first kappa shape index (κ1) is 8.77. The number of halogens is 1. The Morgan fingerprint density at radius 3 is 2.73 bits per heavy atom. The maximum absolute atomic E-state index is 9.47. The summed E-state index contributed by atoms with van der Waals surface area (Å²) in [6, 6.07) is 0. The van der Waals surface area contributed by atoms with E-state index in [0.717, 1.165) is 0 Å². The van der Waals surface area contributed by atoms with E-state index in [2.05, 4.69) is 15.9 Å². The molecule has 1 aliphatic rings. The molecular formula is C7H9BrO3. The number of allylic oxidation sites excluding steroid dienone is 1. The highest BCUT2D eigenvalue weighted by atomic mass is 79.9. The fourth-order valence-corrected chi connectivity index (χ4v) is 1.29. The molecule has 0 heterocycles. The Bertz CT molecular complexity index is 208. The minimum atomic E-state index is -1.23. The van der Waals surface area contributed by atoms with E-state index >= 15 is 0 Å². The van der Waals surface area contributed by atoms with E-state index in [0.29, 0.717) is 0 Å². The maximum Gasteiger partial charge on any atom is 0.147 e. The summed E-state index contributed by atoms with van der Waals surface area (Å²) in [4.78, 5) is 0. The first-order chi connectivity index (χ1) is 5.06. The molecule has 11 heavy (non-hydrogen) atoms. The third-order valence-corrected chi connectivity index (χ3v) is 2.43. The molecule has 0 aromatic carbocycles. The molecule has 3 N–H and O–H groups in total. The lowest BCUT2D eigenvalue weighted by Gasteiger charge is -2.26. The molecule has 1 aliphatic carbocycles. The number of hydrogen-bond acceptors (Lipinski definition) is 3. The van der Waals surface area contributed by atoms with Gasteiger partial charge in [0.1, 0.15) is 10.3 Å². The quantitative estimate of drug-likeness (QED) is 0.571. The number of aliphatic hydroxyl groups is 3. The first-order valence-electron chi connectivity index (χ1n) is 3.18. The molecule has 0 fully saturated rings. The van der Waals surface area contributed by atoms with Crippen molar-refractivity contribution in [3.05, 3.63) is 24.0 Å². The summed E-state index contributed by atoms with van der Waals surface area (Å²) in [6.07, 6.45) is 4.17. The van der Waals surface area contributed by atoms with Gasteiger partial charge >= 0.3 is 0 Å². The van der Waals surface area contributed by atoms with Crippen LogP contribution < -0.4 is 0 Å². The van der Waals surface area contributed by atoms with Crippen LogP contribution in [0, 0.1) is 5.92 Å². The zero-order valence-electron chi connectivity index (χ0n) is 5.74. The van der Waals surface area contributed by atoms with Crippen molar-refractivity contribution in [2.24, 2.45) is 5.92 Å². The topological polar surface area (TPSA) is 60.7 Å². The summed E-state index contributed by atoms with van der Waals surface area (Å²) in [5.41, 5.74) is 0. The molecule has 0 bridgehead atoms.